The highest BCUT2D eigenvalue weighted by atomic mass is 32.2. The summed E-state index contributed by atoms with van der Waals surface area (Å²) in [5, 5.41) is 5.51. The highest BCUT2D eigenvalue weighted by Gasteiger charge is 2.35. The van der Waals surface area contributed by atoms with Crippen molar-refractivity contribution in [2.45, 2.75) is 32.5 Å². The Morgan fingerprint density at radius 3 is 2.12 bits per heavy atom. The van der Waals surface area contributed by atoms with Crippen LogP contribution in [-0.4, -0.2) is 61.9 Å². The van der Waals surface area contributed by atoms with Crippen molar-refractivity contribution in [3.63, 3.8) is 0 Å². The van der Waals surface area contributed by atoms with Gasteiger partial charge in [-0.2, -0.15) is 17.5 Å². The molecule has 0 spiro atoms. The van der Waals surface area contributed by atoms with Gasteiger partial charge in [0.25, 0.3) is 5.91 Å². The second-order valence-electron chi connectivity index (χ2n) is 11.1. The third kappa shape index (κ3) is 7.62. The zero-order valence-electron chi connectivity index (χ0n) is 23.9. The molecule has 0 bridgehead atoms. The average Bonchev–Trinajstić information content (AvgIpc) is 3.80. The van der Waals surface area contributed by atoms with Gasteiger partial charge in [0.1, 0.15) is 0 Å². The fraction of sp³-hybridized carbons (Fsp3) is 0.355. The highest BCUT2D eigenvalue weighted by molar-refractivity contribution is 7.88. The normalized spacial score (nSPS) is 16.6. The first kappa shape index (κ1) is 30.7. The van der Waals surface area contributed by atoms with Crippen molar-refractivity contribution in [2.75, 3.05) is 43.1 Å². The Labute approximate surface area is 248 Å². The predicted octanol–water partition coefficient (Wildman–Crippen LogP) is 5.36. The van der Waals surface area contributed by atoms with E-state index in [-0.39, 0.29) is 48.3 Å². The number of halogens is 3. The van der Waals surface area contributed by atoms with E-state index in [0.29, 0.717) is 18.8 Å². The van der Waals surface area contributed by atoms with E-state index >= 15 is 0 Å². The maximum atomic E-state index is 14.0. The molecule has 2 fully saturated rings. The number of benzene rings is 3. The van der Waals surface area contributed by atoms with E-state index in [1.165, 1.54) is 16.4 Å². The second kappa shape index (κ2) is 12.1. The van der Waals surface area contributed by atoms with Crippen LogP contribution in [0.2, 0.25) is 0 Å². The quantitative estimate of drug-likeness (QED) is 0.356. The predicted molar refractivity (Wildman–Crippen MR) is 159 cm³/mol. The Balaban J connectivity index is 1.27. The number of carbonyl (C=O) groups is 2. The lowest BCUT2D eigenvalue weighted by Gasteiger charge is -2.33. The minimum absolute atomic E-state index is 0.00696. The van der Waals surface area contributed by atoms with E-state index in [0.717, 1.165) is 41.9 Å². The molecule has 0 unspecified atom stereocenters. The van der Waals surface area contributed by atoms with E-state index in [1.807, 2.05) is 25.1 Å². The van der Waals surface area contributed by atoms with Crippen LogP contribution in [-0.2, 0) is 27.5 Å². The molecule has 1 heterocycles. The van der Waals surface area contributed by atoms with Gasteiger partial charge in [-0.3, -0.25) is 14.5 Å². The number of aryl methyl sites for hydroxylation is 1. The third-order valence-corrected chi connectivity index (χ3v) is 9.08. The Morgan fingerprint density at radius 1 is 0.884 bits per heavy atom. The lowest BCUT2D eigenvalue weighted by Crippen LogP contribution is -2.47. The second-order valence-corrected chi connectivity index (χ2v) is 13.1. The number of alkyl halides is 3. The van der Waals surface area contributed by atoms with Gasteiger partial charge in [0.05, 0.1) is 11.8 Å². The first-order chi connectivity index (χ1) is 20.3. The van der Waals surface area contributed by atoms with Gasteiger partial charge in [-0.05, 0) is 78.4 Å². The molecule has 1 saturated carbocycles. The summed E-state index contributed by atoms with van der Waals surface area (Å²) < 4.78 is 66.8. The summed E-state index contributed by atoms with van der Waals surface area (Å²) in [5.41, 5.74) is 2.89. The number of hydrogen-bond donors (Lipinski definition) is 2. The fourth-order valence-electron chi connectivity index (χ4n) is 5.12. The van der Waals surface area contributed by atoms with Crippen molar-refractivity contribution in [2.24, 2.45) is 5.92 Å². The first-order valence-corrected chi connectivity index (χ1v) is 15.8. The van der Waals surface area contributed by atoms with Gasteiger partial charge < -0.3 is 10.6 Å². The molecule has 228 valence electrons. The van der Waals surface area contributed by atoms with Crippen molar-refractivity contribution >= 4 is 33.2 Å². The minimum Gasteiger partial charge on any atom is -0.326 e. The van der Waals surface area contributed by atoms with Crippen molar-refractivity contribution in [3.05, 3.63) is 82.9 Å². The summed E-state index contributed by atoms with van der Waals surface area (Å²) >= 11 is 0. The number of nitrogens with zero attached hydrogens (tertiary/aromatic N) is 2. The van der Waals surface area contributed by atoms with Crippen LogP contribution >= 0.6 is 0 Å². The van der Waals surface area contributed by atoms with Crippen LogP contribution in [0.5, 0.6) is 0 Å². The molecule has 2 amide bonds. The maximum Gasteiger partial charge on any atom is 0.416 e. The third-order valence-electron chi connectivity index (χ3n) is 7.78. The molecule has 0 atom stereocenters. The molecule has 2 N–H and O–H groups in total. The van der Waals surface area contributed by atoms with Crippen LogP contribution < -0.4 is 10.6 Å². The van der Waals surface area contributed by atoms with E-state index in [2.05, 4.69) is 10.6 Å². The van der Waals surface area contributed by atoms with Crippen LogP contribution in [0.1, 0.15) is 39.9 Å². The maximum absolute atomic E-state index is 14.0. The van der Waals surface area contributed by atoms with Gasteiger partial charge in [0.15, 0.2) is 0 Å². The smallest absolute Gasteiger partial charge is 0.326 e. The molecule has 43 heavy (non-hydrogen) atoms. The van der Waals surface area contributed by atoms with Crippen LogP contribution in [0.25, 0.3) is 11.1 Å². The van der Waals surface area contributed by atoms with Gasteiger partial charge >= 0.3 is 6.18 Å². The fourth-order valence-corrected chi connectivity index (χ4v) is 5.95. The van der Waals surface area contributed by atoms with Crippen LogP contribution in [0, 0.1) is 12.8 Å². The SMILES string of the molecule is Cc1ccc(NC(=O)C2CC2)cc1-c1ccc(C(=O)Nc2ccc(CN3CCN(S(C)(=O)=O)CC3)c(C(F)(F)F)c2)cc1. The summed E-state index contributed by atoms with van der Waals surface area (Å²) in [4.78, 5) is 26.9. The molecule has 3 aromatic rings. The van der Waals surface area contributed by atoms with Crippen molar-refractivity contribution in [3.8, 4) is 11.1 Å². The number of nitrogens with one attached hydrogen (secondary N) is 2. The van der Waals surface area contributed by atoms with E-state index in [1.54, 1.807) is 29.2 Å². The molecule has 3 aromatic carbocycles. The van der Waals surface area contributed by atoms with E-state index < -0.39 is 27.7 Å². The topological polar surface area (TPSA) is 98.8 Å². The van der Waals surface area contributed by atoms with E-state index in [4.69, 9.17) is 0 Å². The zero-order valence-corrected chi connectivity index (χ0v) is 24.7. The average molecular weight is 615 g/mol. The van der Waals surface area contributed by atoms with Gasteiger partial charge in [-0.1, -0.05) is 24.3 Å². The van der Waals surface area contributed by atoms with Gasteiger partial charge in [-0.15, -0.1) is 0 Å². The van der Waals surface area contributed by atoms with Crippen LogP contribution in [0.4, 0.5) is 24.5 Å². The molecular weight excluding hydrogens is 581 g/mol. The highest BCUT2D eigenvalue weighted by Crippen LogP contribution is 2.35. The lowest BCUT2D eigenvalue weighted by atomic mass is 9.98. The minimum atomic E-state index is -4.64. The van der Waals surface area contributed by atoms with Crippen molar-refractivity contribution in [1.82, 2.24) is 9.21 Å². The molecular formula is C31H33F3N4O4S. The number of rotatable bonds is 8. The Morgan fingerprint density at radius 2 is 1.51 bits per heavy atom. The molecule has 12 heteroatoms. The van der Waals surface area contributed by atoms with Crippen LogP contribution in [0.3, 0.4) is 0 Å². The molecule has 0 aromatic heterocycles. The molecule has 2 aliphatic rings. The Bertz CT molecular complexity index is 1630. The van der Waals surface area contributed by atoms with Gasteiger partial charge in [0, 0.05) is 55.6 Å². The molecule has 1 saturated heterocycles. The number of amides is 2. The van der Waals surface area contributed by atoms with Crippen molar-refractivity contribution in [1.29, 1.82) is 0 Å². The largest absolute Gasteiger partial charge is 0.416 e. The van der Waals surface area contributed by atoms with E-state index in [9.17, 15) is 31.2 Å². The first-order valence-electron chi connectivity index (χ1n) is 14.0. The summed E-state index contributed by atoms with van der Waals surface area (Å²) in [6, 6.07) is 16.1. The summed E-state index contributed by atoms with van der Waals surface area (Å²) in [6.45, 7) is 3.02. The molecule has 1 aliphatic carbocycles. The number of anilines is 2. The molecule has 8 nitrogen and oxygen atoms in total. The van der Waals surface area contributed by atoms with Gasteiger partial charge in [0.2, 0.25) is 15.9 Å². The number of piperazine rings is 1. The number of hydrogen-bond acceptors (Lipinski definition) is 5. The summed E-state index contributed by atoms with van der Waals surface area (Å²) in [6.07, 6.45) is -1.72. The summed E-state index contributed by atoms with van der Waals surface area (Å²) in [7, 11) is -3.35. The lowest BCUT2D eigenvalue weighted by molar-refractivity contribution is -0.138. The molecule has 1 aliphatic heterocycles. The Kier molecular flexibility index (Phi) is 8.64. The Hall–Kier alpha value is -3.74. The summed E-state index contributed by atoms with van der Waals surface area (Å²) in [5.74, 6) is -0.460. The number of carbonyl (C=O) groups excluding carboxylic acids is 2. The molecule has 0 radical (unpaired) electrons. The molecule has 5 rings (SSSR count). The van der Waals surface area contributed by atoms with Gasteiger partial charge in [-0.25, -0.2) is 8.42 Å². The zero-order chi connectivity index (χ0) is 30.9. The monoisotopic (exact) mass is 614 g/mol. The number of sulfonamides is 1. The standard InChI is InChI=1S/C31H33F3N4O4S/c1-20-3-11-25(35-29(39)23-8-9-23)17-27(20)21-4-6-22(7-5-21)30(40)36-26-12-10-24(28(18-26)31(32,33)34)19-37-13-15-38(16-14-37)43(2,41)42/h3-7,10-12,17-18,23H,8-9,13-16,19H2,1-2H3,(H,35,39)(H,36,40). The van der Waals surface area contributed by atoms with Crippen LogP contribution in [0.15, 0.2) is 60.7 Å². The van der Waals surface area contributed by atoms with Crippen molar-refractivity contribution < 1.29 is 31.2 Å².